The molecule has 0 bridgehead atoms. The zero-order valence-corrected chi connectivity index (χ0v) is 44.2. The van der Waals surface area contributed by atoms with Crippen LogP contribution in [0.4, 0.5) is 0 Å². The molecular weight excluding hydrogens is 791 g/mol. The van der Waals surface area contributed by atoms with Crippen LogP contribution in [0.15, 0.2) is 0 Å². The summed E-state index contributed by atoms with van der Waals surface area (Å²) in [6.07, 6.45) is 46.5. The molecule has 0 aromatic heterocycles. The van der Waals surface area contributed by atoms with Gasteiger partial charge in [-0.2, -0.15) is 0 Å². The molecule has 2 atom stereocenters. The van der Waals surface area contributed by atoms with Crippen molar-refractivity contribution in [1.82, 2.24) is 14.7 Å². The lowest BCUT2D eigenvalue weighted by atomic mass is 9.91. The van der Waals surface area contributed by atoms with E-state index in [1.165, 1.54) is 219 Å². The van der Waals surface area contributed by atoms with Crippen molar-refractivity contribution in [2.75, 3.05) is 66.6 Å². The Balaban J connectivity index is 2.51. The van der Waals surface area contributed by atoms with Crippen molar-refractivity contribution in [3.63, 3.8) is 0 Å². The van der Waals surface area contributed by atoms with Crippen LogP contribution in [0.3, 0.4) is 0 Å². The number of carbonyl (C=O) groups excluding carboxylic acids is 2. The summed E-state index contributed by atoms with van der Waals surface area (Å²) < 4.78 is 11.8. The second kappa shape index (κ2) is 45.6. The van der Waals surface area contributed by atoms with Crippen LogP contribution in [0.25, 0.3) is 0 Å². The highest BCUT2D eigenvalue weighted by molar-refractivity contribution is 5.69. The molecule has 0 heterocycles. The average molecular weight is 905 g/mol. The minimum absolute atomic E-state index is 0.0206. The second-order valence-electron chi connectivity index (χ2n) is 20.9. The van der Waals surface area contributed by atoms with Gasteiger partial charge in [0.15, 0.2) is 0 Å². The quantitative estimate of drug-likeness (QED) is 0.0445. The van der Waals surface area contributed by atoms with Crippen LogP contribution in [0, 0.1) is 11.8 Å². The molecule has 2 unspecified atom stereocenters. The molecule has 0 aromatic rings. The molecule has 7 nitrogen and oxygen atoms in total. The van der Waals surface area contributed by atoms with Gasteiger partial charge in [0, 0.05) is 32.0 Å². The third-order valence-corrected chi connectivity index (χ3v) is 14.4. The molecule has 380 valence electrons. The number of unbranched alkanes of at least 4 members (excludes halogenated alkanes) is 22. The summed E-state index contributed by atoms with van der Waals surface area (Å²) in [6.45, 7) is 17.3. The van der Waals surface area contributed by atoms with Crippen molar-refractivity contribution in [2.24, 2.45) is 11.8 Å². The van der Waals surface area contributed by atoms with Gasteiger partial charge in [-0.3, -0.25) is 14.5 Å². The Hall–Kier alpha value is -1.18. The highest BCUT2D eigenvalue weighted by Crippen LogP contribution is 2.25. The minimum atomic E-state index is 0.0206. The minimum Gasteiger partial charge on any atom is -0.465 e. The Bertz CT molecular complexity index is 945. The molecule has 1 saturated carbocycles. The summed E-state index contributed by atoms with van der Waals surface area (Å²) in [5.74, 6) is 1.12. The van der Waals surface area contributed by atoms with Gasteiger partial charge in [0.2, 0.25) is 0 Å². The molecule has 1 fully saturated rings. The summed E-state index contributed by atoms with van der Waals surface area (Å²) in [6, 6.07) is 0.780. The van der Waals surface area contributed by atoms with Crippen molar-refractivity contribution in [3.05, 3.63) is 0 Å². The van der Waals surface area contributed by atoms with Gasteiger partial charge in [-0.15, -0.1) is 0 Å². The van der Waals surface area contributed by atoms with Crippen LogP contribution >= 0.6 is 0 Å². The molecule has 0 aliphatic heterocycles. The molecule has 0 aromatic carbocycles. The maximum Gasteiger partial charge on any atom is 0.305 e. The number of ether oxygens (including phenoxy) is 2. The molecule has 0 amide bonds. The lowest BCUT2D eigenvalue weighted by Crippen LogP contribution is -2.45. The fourth-order valence-corrected chi connectivity index (χ4v) is 9.67. The second-order valence-corrected chi connectivity index (χ2v) is 20.9. The van der Waals surface area contributed by atoms with E-state index in [1.807, 2.05) is 0 Å². The molecule has 1 aliphatic rings. The summed E-state index contributed by atoms with van der Waals surface area (Å²) in [5, 5.41) is 0. The van der Waals surface area contributed by atoms with Gasteiger partial charge >= 0.3 is 11.9 Å². The van der Waals surface area contributed by atoms with E-state index in [9.17, 15) is 9.59 Å². The van der Waals surface area contributed by atoms with Gasteiger partial charge in [0.05, 0.1) is 13.2 Å². The molecule has 64 heavy (non-hydrogen) atoms. The zero-order chi connectivity index (χ0) is 46.6. The number of hydrogen-bond acceptors (Lipinski definition) is 7. The Labute approximate surface area is 400 Å². The first-order valence-corrected chi connectivity index (χ1v) is 28.7. The average Bonchev–Trinajstić information content (AvgIpc) is 3.26. The maximum absolute atomic E-state index is 12.8. The van der Waals surface area contributed by atoms with Crippen molar-refractivity contribution < 1.29 is 19.1 Å². The van der Waals surface area contributed by atoms with Gasteiger partial charge in [-0.25, -0.2) is 0 Å². The van der Waals surface area contributed by atoms with E-state index in [1.54, 1.807) is 0 Å². The lowest BCUT2D eigenvalue weighted by Gasteiger charge is -2.39. The number of carbonyl (C=O) groups is 2. The van der Waals surface area contributed by atoms with Crippen LogP contribution in [0.1, 0.15) is 272 Å². The van der Waals surface area contributed by atoms with Gasteiger partial charge in [-0.1, -0.05) is 188 Å². The molecular formula is C57H113N3O4. The van der Waals surface area contributed by atoms with E-state index >= 15 is 0 Å². The Kier molecular flexibility index (Phi) is 43.3. The predicted octanol–water partition coefficient (Wildman–Crippen LogP) is 15.8. The summed E-state index contributed by atoms with van der Waals surface area (Å²) in [4.78, 5) is 33.5. The topological polar surface area (TPSA) is 62.3 Å². The SMILES string of the molecule is CCCCCCCCC(CCCCCC)COC(=O)CCCCCCN(CCCCCCC(=O)OCC(CCCCCC)CCCCCCCC)CCN(CCCN(C)C)C1CCC1. The Morgan fingerprint density at radius 1 is 0.422 bits per heavy atom. The number of nitrogens with zero attached hydrogens (tertiary/aromatic N) is 3. The van der Waals surface area contributed by atoms with E-state index in [-0.39, 0.29) is 11.9 Å². The van der Waals surface area contributed by atoms with Gasteiger partial charge in [0.1, 0.15) is 0 Å². The molecule has 0 radical (unpaired) electrons. The van der Waals surface area contributed by atoms with Crippen molar-refractivity contribution in [2.45, 2.75) is 278 Å². The van der Waals surface area contributed by atoms with Gasteiger partial charge in [0.25, 0.3) is 0 Å². The van der Waals surface area contributed by atoms with Crippen LogP contribution in [0.2, 0.25) is 0 Å². The molecule has 0 saturated heterocycles. The number of rotatable bonds is 50. The van der Waals surface area contributed by atoms with Crippen molar-refractivity contribution >= 4 is 11.9 Å². The normalized spacial score (nSPS) is 14.1. The van der Waals surface area contributed by atoms with Crippen LogP contribution in [-0.4, -0.2) is 99.3 Å². The van der Waals surface area contributed by atoms with E-state index < -0.39 is 0 Å². The Morgan fingerprint density at radius 2 is 0.797 bits per heavy atom. The summed E-state index contributed by atoms with van der Waals surface area (Å²) in [7, 11) is 4.38. The lowest BCUT2D eigenvalue weighted by molar-refractivity contribution is -0.146. The highest BCUT2D eigenvalue weighted by Gasteiger charge is 2.25. The predicted molar refractivity (Wildman–Crippen MR) is 277 cm³/mol. The first kappa shape index (κ1) is 60.8. The molecule has 0 N–H and O–H groups in total. The van der Waals surface area contributed by atoms with E-state index in [4.69, 9.17) is 9.47 Å². The maximum atomic E-state index is 12.8. The zero-order valence-electron chi connectivity index (χ0n) is 44.2. The number of hydrogen-bond donors (Lipinski definition) is 0. The molecule has 1 aliphatic carbocycles. The van der Waals surface area contributed by atoms with E-state index in [0.717, 1.165) is 57.9 Å². The first-order chi connectivity index (χ1) is 31.3. The molecule has 0 spiro atoms. The van der Waals surface area contributed by atoms with Crippen molar-refractivity contribution in [3.8, 4) is 0 Å². The monoisotopic (exact) mass is 904 g/mol. The van der Waals surface area contributed by atoms with Crippen LogP contribution in [0.5, 0.6) is 0 Å². The molecule has 7 heteroatoms. The van der Waals surface area contributed by atoms with Crippen molar-refractivity contribution in [1.29, 1.82) is 0 Å². The van der Waals surface area contributed by atoms with Gasteiger partial charge in [-0.05, 0) is 123 Å². The highest BCUT2D eigenvalue weighted by atomic mass is 16.5. The van der Waals surface area contributed by atoms with Crippen LogP contribution < -0.4 is 0 Å². The third kappa shape index (κ3) is 37.9. The summed E-state index contributed by atoms with van der Waals surface area (Å²) in [5.41, 5.74) is 0. The third-order valence-electron chi connectivity index (χ3n) is 14.4. The largest absolute Gasteiger partial charge is 0.465 e. The van der Waals surface area contributed by atoms with E-state index in [0.29, 0.717) is 37.9 Å². The first-order valence-electron chi connectivity index (χ1n) is 28.7. The molecule has 1 rings (SSSR count). The van der Waals surface area contributed by atoms with E-state index in [2.05, 4.69) is 56.5 Å². The summed E-state index contributed by atoms with van der Waals surface area (Å²) >= 11 is 0. The standard InChI is InChI=1S/C57H113N3O4/c1-7-11-15-19-21-29-39-53(37-27-17-13-9-3)51-63-56(61)43-31-23-25-33-46-59(49-50-60(55-41-35-42-55)48-36-45-58(5)6)47-34-26-24-32-44-57(62)64-52-54(38-28-18-14-10-4)40-30-22-20-16-12-8-2/h53-55H,7-52H2,1-6H3. The van der Waals surface area contributed by atoms with Gasteiger partial charge < -0.3 is 19.3 Å². The number of esters is 2. The van der Waals surface area contributed by atoms with Crippen LogP contribution in [-0.2, 0) is 19.1 Å². The smallest absolute Gasteiger partial charge is 0.305 e. The fraction of sp³-hybridized carbons (Fsp3) is 0.965. The fourth-order valence-electron chi connectivity index (χ4n) is 9.67. The Morgan fingerprint density at radius 3 is 1.19 bits per heavy atom.